The van der Waals surface area contributed by atoms with Gasteiger partial charge in [0.15, 0.2) is 9.84 Å². The van der Waals surface area contributed by atoms with Crippen LogP contribution in [-0.4, -0.2) is 31.9 Å². The molecular formula is C14H18N2O3S. The first-order valence-corrected chi connectivity index (χ1v) is 8.60. The van der Waals surface area contributed by atoms with E-state index in [4.69, 9.17) is 5.26 Å². The van der Waals surface area contributed by atoms with Crippen LogP contribution in [-0.2, 0) is 14.6 Å². The maximum absolute atomic E-state index is 12.0. The molecule has 0 saturated carbocycles. The van der Waals surface area contributed by atoms with Gasteiger partial charge in [0.2, 0.25) is 0 Å². The number of nitrogens with one attached hydrogen (secondary N) is 1. The zero-order valence-electron chi connectivity index (χ0n) is 11.2. The van der Waals surface area contributed by atoms with Crippen molar-refractivity contribution in [2.75, 3.05) is 11.5 Å². The van der Waals surface area contributed by atoms with E-state index < -0.39 is 15.7 Å². The minimum absolute atomic E-state index is 0.0242. The van der Waals surface area contributed by atoms with Crippen molar-refractivity contribution in [3.8, 4) is 6.07 Å². The summed E-state index contributed by atoms with van der Waals surface area (Å²) in [6, 6.07) is 1.55. The maximum Gasteiger partial charge on any atom is 0.261 e. The molecule has 1 heterocycles. The van der Waals surface area contributed by atoms with Crippen LogP contribution in [0.5, 0.6) is 0 Å². The SMILES string of the molecule is N#CC(=CC1CC=CCC1)C(=O)NC1CCS(=O)(=O)C1. The molecule has 0 aromatic heterocycles. The standard InChI is InChI=1S/C14H18N2O3S/c15-9-12(8-11-4-2-1-3-5-11)14(17)16-13-6-7-20(18,19)10-13/h1-2,8,11,13H,3-7,10H2,(H,16,17). The summed E-state index contributed by atoms with van der Waals surface area (Å²) in [5.74, 6) is -0.155. The fourth-order valence-electron chi connectivity index (χ4n) is 2.54. The van der Waals surface area contributed by atoms with E-state index in [1.54, 1.807) is 6.08 Å². The Morgan fingerprint density at radius 2 is 2.15 bits per heavy atom. The molecule has 108 valence electrons. The monoisotopic (exact) mass is 294 g/mol. The summed E-state index contributed by atoms with van der Waals surface area (Å²) in [7, 11) is -3.03. The second kappa shape index (κ2) is 6.23. The van der Waals surface area contributed by atoms with Crippen molar-refractivity contribution in [3.63, 3.8) is 0 Å². The highest BCUT2D eigenvalue weighted by Gasteiger charge is 2.29. The first-order valence-electron chi connectivity index (χ1n) is 6.78. The van der Waals surface area contributed by atoms with E-state index in [0.29, 0.717) is 6.42 Å². The number of hydrogen-bond donors (Lipinski definition) is 1. The molecule has 20 heavy (non-hydrogen) atoms. The third kappa shape index (κ3) is 3.94. The summed E-state index contributed by atoms with van der Waals surface area (Å²) in [4.78, 5) is 12.0. The number of nitriles is 1. The zero-order chi connectivity index (χ0) is 14.6. The van der Waals surface area contributed by atoms with Crippen LogP contribution in [0.1, 0.15) is 25.7 Å². The maximum atomic E-state index is 12.0. The molecular weight excluding hydrogens is 276 g/mol. The summed E-state index contributed by atoms with van der Waals surface area (Å²) in [6.45, 7) is 0. The van der Waals surface area contributed by atoms with Crippen LogP contribution < -0.4 is 5.32 Å². The number of sulfone groups is 1. The number of carbonyl (C=O) groups excluding carboxylic acids is 1. The number of hydrogen-bond acceptors (Lipinski definition) is 4. The highest BCUT2D eigenvalue weighted by atomic mass is 32.2. The van der Waals surface area contributed by atoms with Gasteiger partial charge in [-0.1, -0.05) is 18.2 Å². The summed E-state index contributed by atoms with van der Waals surface area (Å²) >= 11 is 0. The quantitative estimate of drug-likeness (QED) is 0.479. The Morgan fingerprint density at radius 3 is 2.70 bits per heavy atom. The summed E-state index contributed by atoms with van der Waals surface area (Å²) in [6.07, 6.45) is 9.04. The van der Waals surface area contributed by atoms with E-state index in [-0.39, 0.29) is 29.0 Å². The van der Waals surface area contributed by atoms with Gasteiger partial charge < -0.3 is 5.32 Å². The molecule has 0 spiro atoms. The molecule has 2 atom stereocenters. The van der Waals surface area contributed by atoms with Gasteiger partial charge in [-0.2, -0.15) is 5.26 Å². The molecule has 6 heteroatoms. The average Bonchev–Trinajstić information content (AvgIpc) is 2.76. The lowest BCUT2D eigenvalue weighted by Gasteiger charge is -2.15. The lowest BCUT2D eigenvalue weighted by atomic mass is 9.92. The summed E-state index contributed by atoms with van der Waals surface area (Å²) in [5.41, 5.74) is 0.0922. The first-order chi connectivity index (χ1) is 9.50. The average molecular weight is 294 g/mol. The van der Waals surface area contributed by atoms with Crippen LogP contribution in [0.25, 0.3) is 0 Å². The molecule has 0 bridgehead atoms. The topological polar surface area (TPSA) is 87.0 Å². The number of rotatable bonds is 3. The summed E-state index contributed by atoms with van der Waals surface area (Å²) in [5, 5.41) is 11.7. The minimum atomic E-state index is -3.03. The number of nitrogens with zero attached hydrogens (tertiary/aromatic N) is 1. The zero-order valence-corrected chi connectivity index (χ0v) is 12.0. The Hall–Kier alpha value is -1.61. The molecule has 0 aromatic rings. The Labute approximate surface area is 119 Å². The molecule has 1 aliphatic heterocycles. The number of amides is 1. The van der Waals surface area contributed by atoms with Gasteiger partial charge >= 0.3 is 0 Å². The van der Waals surface area contributed by atoms with Crippen molar-refractivity contribution in [2.24, 2.45) is 5.92 Å². The highest BCUT2D eigenvalue weighted by molar-refractivity contribution is 7.91. The Balaban J connectivity index is 1.97. The van der Waals surface area contributed by atoms with E-state index in [1.165, 1.54) is 0 Å². The van der Waals surface area contributed by atoms with Gasteiger partial charge in [0, 0.05) is 6.04 Å². The van der Waals surface area contributed by atoms with Gasteiger partial charge in [0.25, 0.3) is 5.91 Å². The van der Waals surface area contributed by atoms with Crippen LogP contribution in [0.3, 0.4) is 0 Å². The Kier molecular flexibility index (Phi) is 4.61. The largest absolute Gasteiger partial charge is 0.348 e. The van der Waals surface area contributed by atoms with Crippen LogP contribution >= 0.6 is 0 Å². The predicted octanol–water partition coefficient (Wildman–Crippen LogP) is 1.10. The minimum Gasteiger partial charge on any atom is -0.348 e. The van der Waals surface area contributed by atoms with Gasteiger partial charge in [-0.15, -0.1) is 0 Å². The molecule has 2 rings (SSSR count). The van der Waals surface area contributed by atoms with Crippen LogP contribution in [0, 0.1) is 17.2 Å². The third-order valence-corrected chi connectivity index (χ3v) is 5.41. The van der Waals surface area contributed by atoms with E-state index in [0.717, 1.165) is 19.3 Å². The highest BCUT2D eigenvalue weighted by Crippen LogP contribution is 2.21. The second-order valence-corrected chi connectivity index (χ2v) is 7.54. The molecule has 1 fully saturated rings. The van der Waals surface area contributed by atoms with E-state index >= 15 is 0 Å². The molecule has 5 nitrogen and oxygen atoms in total. The number of carbonyl (C=O) groups is 1. The molecule has 2 unspecified atom stereocenters. The van der Waals surface area contributed by atoms with Crippen molar-refractivity contribution in [1.82, 2.24) is 5.32 Å². The fraction of sp³-hybridized carbons (Fsp3) is 0.571. The third-order valence-electron chi connectivity index (χ3n) is 3.64. The lowest BCUT2D eigenvalue weighted by molar-refractivity contribution is -0.117. The molecule has 1 saturated heterocycles. The van der Waals surface area contributed by atoms with E-state index in [1.807, 2.05) is 6.07 Å². The molecule has 1 aliphatic carbocycles. The molecule has 1 N–H and O–H groups in total. The van der Waals surface area contributed by atoms with Crippen molar-refractivity contribution >= 4 is 15.7 Å². The van der Waals surface area contributed by atoms with Crippen molar-refractivity contribution in [2.45, 2.75) is 31.7 Å². The Bertz CT molecular complexity index is 584. The van der Waals surface area contributed by atoms with Crippen molar-refractivity contribution < 1.29 is 13.2 Å². The molecule has 2 aliphatic rings. The van der Waals surface area contributed by atoms with Crippen LogP contribution in [0.2, 0.25) is 0 Å². The van der Waals surface area contributed by atoms with Crippen LogP contribution in [0.15, 0.2) is 23.8 Å². The lowest BCUT2D eigenvalue weighted by Crippen LogP contribution is -2.36. The van der Waals surface area contributed by atoms with Crippen LogP contribution in [0.4, 0.5) is 0 Å². The van der Waals surface area contributed by atoms with Crippen molar-refractivity contribution in [3.05, 3.63) is 23.8 Å². The van der Waals surface area contributed by atoms with Gasteiger partial charge in [-0.25, -0.2) is 8.42 Å². The fourth-order valence-corrected chi connectivity index (χ4v) is 4.21. The second-order valence-electron chi connectivity index (χ2n) is 5.31. The summed E-state index contributed by atoms with van der Waals surface area (Å²) < 4.78 is 22.7. The Morgan fingerprint density at radius 1 is 1.35 bits per heavy atom. The smallest absolute Gasteiger partial charge is 0.261 e. The number of allylic oxidation sites excluding steroid dienone is 3. The molecule has 0 aromatic carbocycles. The normalized spacial score (nSPS) is 28.9. The van der Waals surface area contributed by atoms with Gasteiger partial charge in [-0.3, -0.25) is 4.79 Å². The predicted molar refractivity (Wildman–Crippen MR) is 75.4 cm³/mol. The first kappa shape index (κ1) is 14.8. The van der Waals surface area contributed by atoms with Crippen molar-refractivity contribution in [1.29, 1.82) is 5.26 Å². The van der Waals surface area contributed by atoms with Gasteiger partial charge in [-0.05, 0) is 31.6 Å². The van der Waals surface area contributed by atoms with E-state index in [2.05, 4.69) is 17.5 Å². The molecule has 0 radical (unpaired) electrons. The molecule has 1 amide bonds. The van der Waals surface area contributed by atoms with E-state index in [9.17, 15) is 13.2 Å². The van der Waals surface area contributed by atoms with Gasteiger partial charge in [0.1, 0.15) is 11.6 Å². The van der Waals surface area contributed by atoms with Gasteiger partial charge in [0.05, 0.1) is 11.5 Å².